The summed E-state index contributed by atoms with van der Waals surface area (Å²) in [5.74, 6) is 0.825. The van der Waals surface area contributed by atoms with Gasteiger partial charge in [-0.05, 0) is 48.5 Å². The molecule has 1 N–H and O–H groups in total. The van der Waals surface area contributed by atoms with Crippen LogP contribution in [0.15, 0.2) is 57.5 Å². The molecule has 0 atom stereocenters. The summed E-state index contributed by atoms with van der Waals surface area (Å²) in [6.07, 6.45) is 0. The maximum Gasteiger partial charge on any atom is 0.199 e. The molecule has 0 amide bonds. The van der Waals surface area contributed by atoms with Crippen LogP contribution in [0.4, 0.5) is 0 Å². The average Bonchev–Trinajstić information content (AvgIpc) is 2.83. The number of hydrogen-bond acceptors (Lipinski definition) is 3. The lowest BCUT2D eigenvalue weighted by Gasteiger charge is -2.03. The van der Waals surface area contributed by atoms with E-state index >= 15 is 0 Å². The molecule has 3 rings (SSSR count). The number of halogens is 2. The van der Waals surface area contributed by atoms with Crippen LogP contribution in [0.25, 0.3) is 22.8 Å². The highest BCUT2D eigenvalue weighted by molar-refractivity contribution is 9.10. The minimum absolute atomic E-state index is 0.412. The zero-order chi connectivity index (χ0) is 14.1. The predicted molar refractivity (Wildman–Crippen MR) is 83.5 cm³/mol. The zero-order valence-electron chi connectivity index (χ0n) is 10.2. The topological polar surface area (TPSA) is 50.9 Å². The van der Waals surface area contributed by atoms with Gasteiger partial charge < -0.3 is 5.21 Å². The third-order valence-electron chi connectivity index (χ3n) is 2.85. The van der Waals surface area contributed by atoms with Crippen molar-refractivity contribution in [3.05, 3.63) is 57.5 Å². The van der Waals surface area contributed by atoms with E-state index in [9.17, 15) is 5.21 Å². The Labute approximate surface area is 132 Å². The first kappa shape index (κ1) is 13.3. The molecule has 2 aromatic carbocycles. The van der Waals surface area contributed by atoms with Crippen LogP contribution in [0, 0.1) is 0 Å². The molecule has 0 aliphatic rings. The van der Waals surface area contributed by atoms with E-state index in [-0.39, 0.29) is 0 Å². The van der Waals surface area contributed by atoms with E-state index in [0.717, 1.165) is 24.8 Å². The smallest absolute Gasteiger partial charge is 0.199 e. The van der Waals surface area contributed by atoms with Gasteiger partial charge in [-0.1, -0.05) is 31.9 Å². The minimum Gasteiger partial charge on any atom is -0.425 e. The largest absolute Gasteiger partial charge is 0.425 e. The van der Waals surface area contributed by atoms with E-state index < -0.39 is 0 Å². The van der Waals surface area contributed by atoms with Crippen LogP contribution in [0.1, 0.15) is 0 Å². The maximum atomic E-state index is 10.2. The van der Waals surface area contributed by atoms with Crippen molar-refractivity contribution in [3.8, 4) is 22.8 Å². The summed E-state index contributed by atoms with van der Waals surface area (Å²) in [6, 6.07) is 15.0. The molecule has 20 heavy (non-hydrogen) atoms. The molecule has 0 spiro atoms. The van der Waals surface area contributed by atoms with Crippen molar-refractivity contribution in [2.24, 2.45) is 0 Å². The van der Waals surface area contributed by atoms with E-state index in [0.29, 0.717) is 11.6 Å². The van der Waals surface area contributed by atoms with Gasteiger partial charge in [0.2, 0.25) is 0 Å². The summed E-state index contributed by atoms with van der Waals surface area (Å²) in [6.45, 7) is 0. The fourth-order valence-electron chi connectivity index (χ4n) is 1.84. The number of aromatic nitrogens is 3. The summed E-state index contributed by atoms with van der Waals surface area (Å²) >= 11 is 6.75. The van der Waals surface area contributed by atoms with Crippen LogP contribution in [-0.4, -0.2) is 20.1 Å². The van der Waals surface area contributed by atoms with Crippen LogP contribution in [0.5, 0.6) is 0 Å². The number of hydrogen-bond donors (Lipinski definition) is 1. The zero-order valence-corrected chi connectivity index (χ0v) is 13.3. The molecule has 0 saturated carbocycles. The van der Waals surface area contributed by atoms with Crippen molar-refractivity contribution in [2.45, 2.75) is 0 Å². The second-order valence-corrected chi connectivity index (χ2v) is 6.00. The highest BCUT2D eigenvalue weighted by Gasteiger charge is 2.14. The third kappa shape index (κ3) is 2.48. The molecule has 3 aromatic rings. The standard InChI is InChI=1S/C14H9Br2N3O/c15-11-5-1-9(2-6-11)13-17-18-14(19(13)20)10-3-7-12(16)8-4-10/h1-8,20H. The fraction of sp³-hybridized carbons (Fsp3) is 0. The van der Waals surface area contributed by atoms with Crippen molar-refractivity contribution >= 4 is 31.9 Å². The van der Waals surface area contributed by atoms with E-state index in [1.165, 1.54) is 0 Å². The highest BCUT2D eigenvalue weighted by Crippen LogP contribution is 2.25. The number of nitrogens with zero attached hydrogens (tertiary/aromatic N) is 3. The fourth-order valence-corrected chi connectivity index (χ4v) is 2.37. The van der Waals surface area contributed by atoms with E-state index in [4.69, 9.17) is 0 Å². The first-order valence-corrected chi connectivity index (χ1v) is 7.40. The maximum absolute atomic E-state index is 10.2. The van der Waals surface area contributed by atoms with Crippen LogP contribution in [0.2, 0.25) is 0 Å². The Morgan fingerprint density at radius 3 is 1.40 bits per heavy atom. The first-order valence-electron chi connectivity index (χ1n) is 5.82. The molecule has 0 fully saturated rings. The van der Waals surface area contributed by atoms with Crippen molar-refractivity contribution in [1.82, 2.24) is 14.9 Å². The Kier molecular flexibility index (Phi) is 3.58. The molecule has 1 heterocycles. The molecular weight excluding hydrogens is 386 g/mol. The van der Waals surface area contributed by atoms with Crippen molar-refractivity contribution in [1.29, 1.82) is 0 Å². The Morgan fingerprint density at radius 2 is 1.05 bits per heavy atom. The number of benzene rings is 2. The molecule has 4 nitrogen and oxygen atoms in total. The molecule has 0 unspecified atom stereocenters. The van der Waals surface area contributed by atoms with Crippen molar-refractivity contribution in [2.75, 3.05) is 0 Å². The van der Waals surface area contributed by atoms with Crippen molar-refractivity contribution < 1.29 is 5.21 Å². The second kappa shape index (κ2) is 5.38. The van der Waals surface area contributed by atoms with Gasteiger partial charge >= 0.3 is 0 Å². The summed E-state index contributed by atoms with van der Waals surface area (Å²) in [7, 11) is 0. The third-order valence-corrected chi connectivity index (χ3v) is 3.90. The summed E-state index contributed by atoms with van der Waals surface area (Å²) in [4.78, 5) is 0. The first-order chi connectivity index (χ1) is 9.65. The van der Waals surface area contributed by atoms with Gasteiger partial charge in [0, 0.05) is 20.1 Å². The summed E-state index contributed by atoms with van der Waals surface area (Å²) in [5, 5.41) is 18.3. The molecule has 1 aromatic heterocycles. The summed E-state index contributed by atoms with van der Waals surface area (Å²) < 4.78 is 2.95. The van der Waals surface area contributed by atoms with Gasteiger partial charge in [-0.15, -0.1) is 14.9 Å². The molecule has 0 aliphatic heterocycles. The summed E-state index contributed by atoms with van der Waals surface area (Å²) in [5.41, 5.74) is 1.60. The van der Waals surface area contributed by atoms with Gasteiger partial charge in [-0.3, -0.25) is 0 Å². The second-order valence-electron chi connectivity index (χ2n) is 4.17. The SMILES string of the molecule is On1c(-c2ccc(Br)cc2)nnc1-c1ccc(Br)cc1. The molecule has 6 heteroatoms. The lowest BCUT2D eigenvalue weighted by Crippen LogP contribution is -1.97. The highest BCUT2D eigenvalue weighted by atomic mass is 79.9. The normalized spacial score (nSPS) is 10.7. The minimum atomic E-state index is 0.412. The predicted octanol–water partition coefficient (Wildman–Crippen LogP) is 4.37. The van der Waals surface area contributed by atoms with Crippen LogP contribution >= 0.6 is 31.9 Å². The molecular formula is C14H9Br2N3O. The van der Waals surface area contributed by atoms with E-state index in [1.54, 1.807) is 0 Å². The average molecular weight is 395 g/mol. The molecule has 100 valence electrons. The Bertz CT molecular complexity index is 673. The van der Waals surface area contributed by atoms with Crippen molar-refractivity contribution in [3.63, 3.8) is 0 Å². The Balaban J connectivity index is 2.04. The lowest BCUT2D eigenvalue weighted by atomic mass is 10.2. The Morgan fingerprint density at radius 1 is 0.700 bits per heavy atom. The van der Waals surface area contributed by atoms with Gasteiger partial charge in [-0.2, -0.15) is 0 Å². The van der Waals surface area contributed by atoms with Crippen LogP contribution in [-0.2, 0) is 0 Å². The van der Waals surface area contributed by atoms with E-state index in [1.807, 2.05) is 48.5 Å². The Hall–Kier alpha value is -1.66. The van der Waals surface area contributed by atoms with Gasteiger partial charge in [0.15, 0.2) is 11.6 Å². The lowest BCUT2D eigenvalue weighted by molar-refractivity contribution is 0.194. The van der Waals surface area contributed by atoms with Crippen LogP contribution in [0.3, 0.4) is 0 Å². The molecule has 0 aliphatic carbocycles. The van der Waals surface area contributed by atoms with Crippen LogP contribution < -0.4 is 0 Å². The van der Waals surface area contributed by atoms with Gasteiger partial charge in [0.1, 0.15) is 0 Å². The van der Waals surface area contributed by atoms with Gasteiger partial charge in [0.25, 0.3) is 0 Å². The van der Waals surface area contributed by atoms with Gasteiger partial charge in [-0.25, -0.2) is 0 Å². The monoisotopic (exact) mass is 393 g/mol. The van der Waals surface area contributed by atoms with E-state index in [2.05, 4.69) is 42.1 Å². The molecule has 0 saturated heterocycles. The quantitative estimate of drug-likeness (QED) is 0.656. The van der Waals surface area contributed by atoms with Gasteiger partial charge in [0.05, 0.1) is 0 Å². The molecule has 0 radical (unpaired) electrons. The molecule has 0 bridgehead atoms. The number of rotatable bonds is 2.